The van der Waals surface area contributed by atoms with Crippen molar-refractivity contribution in [3.05, 3.63) is 0 Å². The van der Waals surface area contributed by atoms with Gasteiger partial charge in [-0.1, -0.05) is 13.8 Å². The van der Waals surface area contributed by atoms with Gasteiger partial charge in [0.25, 0.3) is 0 Å². The molecule has 4 nitrogen and oxygen atoms in total. The van der Waals surface area contributed by atoms with Gasteiger partial charge in [0, 0.05) is 22.7 Å². The SMILES string of the molecule is CC12CCC(C(=O)C1=O)C2(C)C(=O)[O-].[Na+]. The van der Waals surface area contributed by atoms with Crippen LogP contribution < -0.4 is 34.7 Å². The molecule has 2 fully saturated rings. The molecule has 2 bridgehead atoms. The van der Waals surface area contributed by atoms with Crippen molar-refractivity contribution in [1.29, 1.82) is 0 Å². The van der Waals surface area contributed by atoms with Gasteiger partial charge in [-0.05, 0) is 12.8 Å². The van der Waals surface area contributed by atoms with Crippen molar-refractivity contribution in [2.24, 2.45) is 16.7 Å². The first kappa shape index (κ1) is 12.9. The van der Waals surface area contributed by atoms with E-state index >= 15 is 0 Å². The summed E-state index contributed by atoms with van der Waals surface area (Å²) in [7, 11) is 0. The number of ketones is 2. The fourth-order valence-corrected chi connectivity index (χ4v) is 2.91. The number of hydrogen-bond donors (Lipinski definition) is 0. The zero-order valence-electron chi connectivity index (χ0n) is 9.12. The minimum absolute atomic E-state index is 0. The Labute approximate surface area is 110 Å². The molecule has 0 heterocycles. The molecule has 2 saturated carbocycles. The Balaban J connectivity index is 0.00000112. The van der Waals surface area contributed by atoms with Gasteiger partial charge in [-0.2, -0.15) is 0 Å². The number of carbonyl (C=O) groups excluding carboxylic acids is 3. The van der Waals surface area contributed by atoms with Gasteiger partial charge >= 0.3 is 29.6 Å². The van der Waals surface area contributed by atoms with E-state index in [0.29, 0.717) is 12.8 Å². The van der Waals surface area contributed by atoms with E-state index in [9.17, 15) is 19.5 Å². The standard InChI is InChI=1S/C10H12O4.Na/c1-9-4-3-5(6(11)7(9)12)10(9,2)8(13)14;/h5H,3-4H2,1-2H3,(H,13,14);/q;+1/p-1. The van der Waals surface area contributed by atoms with Crippen LogP contribution in [0.1, 0.15) is 26.7 Å². The van der Waals surface area contributed by atoms with Crippen molar-refractivity contribution >= 4 is 17.5 Å². The fourth-order valence-electron chi connectivity index (χ4n) is 2.91. The van der Waals surface area contributed by atoms with Crippen molar-refractivity contribution in [2.45, 2.75) is 26.7 Å². The summed E-state index contributed by atoms with van der Waals surface area (Å²) in [5.41, 5.74) is -2.32. The van der Waals surface area contributed by atoms with Crippen LogP contribution in [0, 0.1) is 16.7 Å². The number of carboxylic acid groups (broad SMARTS) is 1. The molecule has 0 radical (unpaired) electrons. The first-order valence-corrected chi connectivity index (χ1v) is 4.66. The Bertz CT molecular complexity index is 364. The van der Waals surface area contributed by atoms with Gasteiger partial charge < -0.3 is 9.90 Å². The number of carbonyl (C=O) groups is 3. The van der Waals surface area contributed by atoms with Crippen molar-refractivity contribution in [3.63, 3.8) is 0 Å². The second-order valence-electron chi connectivity index (χ2n) is 4.61. The van der Waals surface area contributed by atoms with E-state index in [1.807, 2.05) is 0 Å². The Morgan fingerprint density at radius 1 is 1.40 bits per heavy atom. The van der Waals surface area contributed by atoms with E-state index in [1.54, 1.807) is 6.92 Å². The third-order valence-electron chi connectivity index (χ3n) is 4.24. The molecule has 0 aromatic rings. The molecule has 0 amide bonds. The zero-order valence-corrected chi connectivity index (χ0v) is 11.1. The molecule has 0 N–H and O–H groups in total. The third kappa shape index (κ3) is 1.16. The van der Waals surface area contributed by atoms with Gasteiger partial charge in [-0.15, -0.1) is 0 Å². The topological polar surface area (TPSA) is 74.3 Å². The van der Waals surface area contributed by atoms with E-state index in [1.165, 1.54) is 6.92 Å². The Hall–Kier alpha value is -0.190. The molecule has 2 aliphatic rings. The minimum atomic E-state index is -1.29. The van der Waals surface area contributed by atoms with Crippen LogP contribution >= 0.6 is 0 Å². The van der Waals surface area contributed by atoms with E-state index < -0.39 is 34.3 Å². The summed E-state index contributed by atoms with van der Waals surface area (Å²) < 4.78 is 0. The minimum Gasteiger partial charge on any atom is -0.550 e. The normalized spacial score (nSPS) is 42.9. The molecule has 2 rings (SSSR count). The molecule has 0 aromatic heterocycles. The Morgan fingerprint density at radius 3 is 2.20 bits per heavy atom. The zero-order chi connectivity index (χ0) is 10.7. The molecule has 0 saturated heterocycles. The van der Waals surface area contributed by atoms with Gasteiger partial charge in [0.1, 0.15) is 0 Å². The van der Waals surface area contributed by atoms with Crippen LogP contribution in [-0.2, 0) is 14.4 Å². The summed E-state index contributed by atoms with van der Waals surface area (Å²) in [4.78, 5) is 34.1. The summed E-state index contributed by atoms with van der Waals surface area (Å²) in [6, 6.07) is 0. The average molecular weight is 218 g/mol. The van der Waals surface area contributed by atoms with Crippen LogP contribution in [-0.4, -0.2) is 17.5 Å². The number of aliphatic carboxylic acids is 1. The molecular formula is C10H11NaO4. The monoisotopic (exact) mass is 218 g/mol. The number of hydrogen-bond acceptors (Lipinski definition) is 4. The van der Waals surface area contributed by atoms with Gasteiger partial charge in [0.2, 0.25) is 11.6 Å². The van der Waals surface area contributed by atoms with Crippen LogP contribution in [0.2, 0.25) is 0 Å². The maximum atomic E-state index is 11.6. The molecule has 0 aromatic carbocycles. The molecule has 3 atom stereocenters. The predicted molar refractivity (Wildman–Crippen MR) is 44.0 cm³/mol. The first-order valence-electron chi connectivity index (χ1n) is 4.66. The van der Waals surface area contributed by atoms with E-state index in [2.05, 4.69) is 0 Å². The van der Waals surface area contributed by atoms with E-state index in [4.69, 9.17) is 0 Å². The Kier molecular flexibility index (Phi) is 2.92. The smallest absolute Gasteiger partial charge is 0.550 e. The van der Waals surface area contributed by atoms with Crippen molar-refractivity contribution in [1.82, 2.24) is 0 Å². The molecule has 76 valence electrons. The van der Waals surface area contributed by atoms with Gasteiger partial charge in [0.05, 0.1) is 0 Å². The molecule has 15 heavy (non-hydrogen) atoms. The molecule has 5 heteroatoms. The predicted octanol–water partition coefficient (Wildman–Crippen LogP) is -3.69. The van der Waals surface area contributed by atoms with Gasteiger partial charge in [-0.3, -0.25) is 9.59 Å². The number of carboxylic acids is 1. The molecular weight excluding hydrogens is 207 g/mol. The van der Waals surface area contributed by atoms with Crippen LogP contribution in [0.25, 0.3) is 0 Å². The maximum absolute atomic E-state index is 11.6. The number of Topliss-reactive ketones (excluding diaryl/α,β-unsaturated/α-hetero) is 2. The quantitative estimate of drug-likeness (QED) is 0.335. The van der Waals surface area contributed by atoms with Gasteiger partial charge in [-0.25, -0.2) is 0 Å². The summed E-state index contributed by atoms with van der Waals surface area (Å²) >= 11 is 0. The number of fused-ring (bicyclic) bond motifs is 2. The van der Waals surface area contributed by atoms with Crippen LogP contribution in [0.3, 0.4) is 0 Å². The van der Waals surface area contributed by atoms with Crippen molar-refractivity contribution in [3.8, 4) is 0 Å². The summed E-state index contributed by atoms with van der Waals surface area (Å²) in [6.45, 7) is 3.03. The van der Waals surface area contributed by atoms with E-state index in [-0.39, 0.29) is 29.6 Å². The molecule has 2 aliphatic carbocycles. The molecule has 0 spiro atoms. The third-order valence-corrected chi connectivity index (χ3v) is 4.24. The molecule has 0 aliphatic heterocycles. The Morgan fingerprint density at radius 2 is 1.93 bits per heavy atom. The summed E-state index contributed by atoms with van der Waals surface area (Å²) in [5.74, 6) is -2.99. The fraction of sp³-hybridized carbons (Fsp3) is 0.700. The van der Waals surface area contributed by atoms with Crippen molar-refractivity contribution < 1.29 is 49.0 Å². The largest absolute Gasteiger partial charge is 1.00 e. The first-order chi connectivity index (χ1) is 6.35. The summed E-state index contributed by atoms with van der Waals surface area (Å²) in [6.07, 6.45) is 0.971. The number of rotatable bonds is 1. The van der Waals surface area contributed by atoms with Crippen molar-refractivity contribution in [2.75, 3.05) is 0 Å². The second-order valence-corrected chi connectivity index (χ2v) is 4.61. The van der Waals surface area contributed by atoms with Crippen LogP contribution in [0.5, 0.6) is 0 Å². The van der Waals surface area contributed by atoms with E-state index in [0.717, 1.165) is 0 Å². The second kappa shape index (κ2) is 3.40. The molecule has 3 unspecified atom stereocenters. The maximum Gasteiger partial charge on any atom is 1.00 e. The van der Waals surface area contributed by atoms with Crippen LogP contribution in [0.15, 0.2) is 0 Å². The van der Waals surface area contributed by atoms with Crippen LogP contribution in [0.4, 0.5) is 0 Å². The average Bonchev–Trinajstić information content (AvgIpc) is 2.45. The van der Waals surface area contributed by atoms with Gasteiger partial charge in [0.15, 0.2) is 0 Å². The summed E-state index contributed by atoms with van der Waals surface area (Å²) in [5, 5.41) is 11.1.